The molecule has 0 fully saturated rings. The zero-order valence-corrected chi connectivity index (χ0v) is 10.3. The van der Waals surface area contributed by atoms with E-state index in [0.29, 0.717) is 6.20 Å². The zero-order chi connectivity index (χ0) is 14.1. The number of ether oxygens (including phenoxy) is 1. The van der Waals surface area contributed by atoms with Gasteiger partial charge in [0.05, 0.1) is 21.0 Å². The van der Waals surface area contributed by atoms with Crippen molar-refractivity contribution in [3.63, 3.8) is 0 Å². The molecule has 102 valence electrons. The molecular formula is C8H3F7INO. The largest absolute Gasteiger partial charge is 0.573 e. The minimum atomic E-state index is -5.15. The molecule has 1 aromatic rings. The molecule has 0 spiro atoms. The second-order valence-corrected chi connectivity index (χ2v) is 4.02. The maximum Gasteiger partial charge on any atom is 0.573 e. The summed E-state index contributed by atoms with van der Waals surface area (Å²) in [7, 11) is 0. The summed E-state index contributed by atoms with van der Waals surface area (Å²) in [5.74, 6) is -1.12. The molecule has 0 N–H and O–H groups in total. The SMILES string of the molecule is FCc1ncc(OC(F)(F)F)c(I)c1C(F)(F)F. The Hall–Kier alpha value is -0.810. The Bertz CT molecular complexity index is 442. The van der Waals surface area contributed by atoms with Crippen LogP contribution in [-0.4, -0.2) is 11.3 Å². The number of aromatic nitrogens is 1. The molecule has 0 saturated heterocycles. The van der Waals surface area contributed by atoms with Crippen molar-refractivity contribution in [2.45, 2.75) is 19.2 Å². The van der Waals surface area contributed by atoms with E-state index >= 15 is 0 Å². The molecule has 0 atom stereocenters. The molecule has 0 aliphatic heterocycles. The predicted octanol–water partition coefficient (Wildman–Crippen LogP) is 4.07. The summed E-state index contributed by atoms with van der Waals surface area (Å²) in [6.45, 7) is -1.54. The average molecular weight is 389 g/mol. The Morgan fingerprint density at radius 2 is 1.72 bits per heavy atom. The van der Waals surface area contributed by atoms with Crippen LogP contribution < -0.4 is 4.74 Å². The van der Waals surface area contributed by atoms with Crippen LogP contribution in [0.15, 0.2) is 6.20 Å². The second kappa shape index (κ2) is 5.05. The van der Waals surface area contributed by atoms with Gasteiger partial charge < -0.3 is 4.74 Å². The van der Waals surface area contributed by atoms with Crippen LogP contribution in [0.3, 0.4) is 0 Å². The highest BCUT2D eigenvalue weighted by Gasteiger charge is 2.40. The molecular weight excluding hydrogens is 386 g/mol. The van der Waals surface area contributed by atoms with Gasteiger partial charge in [-0.15, -0.1) is 13.2 Å². The summed E-state index contributed by atoms with van der Waals surface area (Å²) in [5, 5.41) is 0. The first-order valence-corrected chi connectivity index (χ1v) is 5.20. The highest BCUT2D eigenvalue weighted by Crippen LogP contribution is 2.39. The topological polar surface area (TPSA) is 22.1 Å². The molecule has 1 rings (SSSR count). The quantitative estimate of drug-likeness (QED) is 0.562. The Labute approximate surface area is 109 Å². The minimum absolute atomic E-state index is 0.402. The van der Waals surface area contributed by atoms with Crippen LogP contribution in [0, 0.1) is 3.57 Å². The fourth-order valence-electron chi connectivity index (χ4n) is 1.09. The van der Waals surface area contributed by atoms with Gasteiger partial charge in [0.25, 0.3) is 0 Å². The van der Waals surface area contributed by atoms with Gasteiger partial charge in [0, 0.05) is 0 Å². The molecule has 2 nitrogen and oxygen atoms in total. The van der Waals surface area contributed by atoms with E-state index < -0.39 is 39.8 Å². The Balaban J connectivity index is 3.35. The molecule has 0 amide bonds. The van der Waals surface area contributed by atoms with Crippen LogP contribution in [0.5, 0.6) is 5.75 Å². The third-order valence-corrected chi connectivity index (χ3v) is 2.77. The molecule has 10 heteroatoms. The van der Waals surface area contributed by atoms with Gasteiger partial charge in [-0.2, -0.15) is 13.2 Å². The molecule has 0 aromatic carbocycles. The lowest BCUT2D eigenvalue weighted by Crippen LogP contribution is -2.20. The third-order valence-electron chi connectivity index (χ3n) is 1.70. The third kappa shape index (κ3) is 3.59. The van der Waals surface area contributed by atoms with E-state index in [1.807, 2.05) is 0 Å². The Morgan fingerprint density at radius 1 is 1.17 bits per heavy atom. The van der Waals surface area contributed by atoms with Gasteiger partial charge in [-0.1, -0.05) is 0 Å². The summed E-state index contributed by atoms with van der Waals surface area (Å²) in [6, 6.07) is 0. The fraction of sp³-hybridized carbons (Fsp3) is 0.375. The molecule has 0 aliphatic rings. The van der Waals surface area contributed by atoms with Gasteiger partial charge in [-0.3, -0.25) is 4.98 Å². The summed E-state index contributed by atoms with van der Waals surface area (Å²) < 4.78 is 88.3. The number of hydrogen-bond donors (Lipinski definition) is 0. The first kappa shape index (κ1) is 15.2. The molecule has 0 unspecified atom stereocenters. The predicted molar refractivity (Wildman–Crippen MR) is 53.5 cm³/mol. The molecule has 0 aliphatic carbocycles. The van der Waals surface area contributed by atoms with Crippen molar-refractivity contribution in [1.29, 1.82) is 0 Å². The van der Waals surface area contributed by atoms with Crippen LogP contribution in [-0.2, 0) is 12.9 Å². The number of halogens is 8. The van der Waals surface area contributed by atoms with Crippen molar-refractivity contribution >= 4 is 22.6 Å². The van der Waals surface area contributed by atoms with Gasteiger partial charge in [0.15, 0.2) is 5.75 Å². The lowest BCUT2D eigenvalue weighted by atomic mass is 10.2. The molecule has 1 aromatic heterocycles. The molecule has 18 heavy (non-hydrogen) atoms. The number of pyridine rings is 1. The Kier molecular flexibility index (Phi) is 4.28. The van der Waals surface area contributed by atoms with E-state index in [0.717, 1.165) is 22.6 Å². The second-order valence-electron chi connectivity index (χ2n) is 2.94. The maximum atomic E-state index is 12.6. The van der Waals surface area contributed by atoms with E-state index in [9.17, 15) is 30.7 Å². The number of alkyl halides is 7. The summed E-state index contributed by atoms with van der Waals surface area (Å²) in [5.41, 5.74) is -2.55. The van der Waals surface area contributed by atoms with Crippen molar-refractivity contribution in [2.75, 3.05) is 0 Å². The first-order chi connectivity index (χ1) is 8.06. The molecule has 1 heterocycles. The van der Waals surface area contributed by atoms with Crippen molar-refractivity contribution in [3.8, 4) is 5.75 Å². The highest BCUT2D eigenvalue weighted by molar-refractivity contribution is 14.1. The van der Waals surface area contributed by atoms with Gasteiger partial charge >= 0.3 is 12.5 Å². The van der Waals surface area contributed by atoms with Gasteiger partial charge in [-0.05, 0) is 22.6 Å². The standard InChI is InChI=1S/C8H3F7INO/c9-1-3-5(7(10,11)12)6(16)4(2-17-3)18-8(13,14)15/h2H,1H2. The van der Waals surface area contributed by atoms with E-state index in [-0.39, 0.29) is 0 Å². The number of rotatable bonds is 2. The number of nitrogens with zero attached hydrogens (tertiary/aromatic N) is 1. The number of hydrogen-bond acceptors (Lipinski definition) is 2. The zero-order valence-electron chi connectivity index (χ0n) is 8.16. The van der Waals surface area contributed by atoms with Gasteiger partial charge in [0.1, 0.15) is 6.67 Å². The van der Waals surface area contributed by atoms with Crippen LogP contribution in [0.25, 0.3) is 0 Å². The Morgan fingerprint density at radius 3 is 2.11 bits per heavy atom. The van der Waals surface area contributed by atoms with Crippen LogP contribution >= 0.6 is 22.6 Å². The fourth-order valence-corrected chi connectivity index (χ4v) is 1.96. The van der Waals surface area contributed by atoms with Gasteiger partial charge in [0.2, 0.25) is 0 Å². The molecule has 0 radical (unpaired) electrons. The first-order valence-electron chi connectivity index (χ1n) is 4.12. The van der Waals surface area contributed by atoms with Crippen molar-refractivity contribution in [1.82, 2.24) is 4.98 Å². The lowest BCUT2D eigenvalue weighted by Gasteiger charge is -2.16. The van der Waals surface area contributed by atoms with E-state index in [1.165, 1.54) is 0 Å². The van der Waals surface area contributed by atoms with Crippen LogP contribution in [0.1, 0.15) is 11.3 Å². The normalized spacial score (nSPS) is 12.7. The van der Waals surface area contributed by atoms with Crippen molar-refractivity contribution in [3.05, 3.63) is 21.0 Å². The van der Waals surface area contributed by atoms with E-state index in [4.69, 9.17) is 0 Å². The van der Waals surface area contributed by atoms with E-state index in [2.05, 4.69) is 9.72 Å². The summed E-state index contributed by atoms with van der Waals surface area (Å²) >= 11 is 1.00. The minimum Gasteiger partial charge on any atom is -0.403 e. The molecule has 0 bridgehead atoms. The van der Waals surface area contributed by atoms with E-state index in [1.54, 1.807) is 0 Å². The van der Waals surface area contributed by atoms with Crippen molar-refractivity contribution < 1.29 is 35.5 Å². The summed E-state index contributed by atoms with van der Waals surface area (Å²) in [4.78, 5) is 2.98. The summed E-state index contributed by atoms with van der Waals surface area (Å²) in [6.07, 6.45) is -9.77. The average Bonchev–Trinajstić information content (AvgIpc) is 2.16. The maximum absolute atomic E-state index is 12.6. The van der Waals surface area contributed by atoms with Crippen molar-refractivity contribution in [2.24, 2.45) is 0 Å². The van der Waals surface area contributed by atoms with Gasteiger partial charge in [-0.25, -0.2) is 4.39 Å². The smallest absolute Gasteiger partial charge is 0.403 e. The highest BCUT2D eigenvalue weighted by atomic mass is 127. The molecule has 0 saturated carbocycles. The lowest BCUT2D eigenvalue weighted by molar-refractivity contribution is -0.275. The monoisotopic (exact) mass is 389 g/mol. The van der Waals surface area contributed by atoms with Crippen LogP contribution in [0.4, 0.5) is 30.7 Å². The van der Waals surface area contributed by atoms with Crippen LogP contribution in [0.2, 0.25) is 0 Å².